The molecule has 5 heteroatoms. The van der Waals surface area contributed by atoms with Crippen LogP contribution in [-0.4, -0.2) is 35.1 Å². The number of aliphatic carboxylic acids is 1. The molecule has 1 aliphatic carbocycles. The molecule has 5 nitrogen and oxygen atoms in total. The summed E-state index contributed by atoms with van der Waals surface area (Å²) in [4.78, 5) is 23.5. The Morgan fingerprint density at radius 3 is 2.72 bits per heavy atom. The molecule has 1 aliphatic heterocycles. The molecule has 2 aliphatic rings. The van der Waals surface area contributed by atoms with Gasteiger partial charge in [-0.05, 0) is 38.6 Å². The van der Waals surface area contributed by atoms with Crippen molar-refractivity contribution in [2.24, 2.45) is 5.92 Å². The third-order valence-electron chi connectivity index (χ3n) is 4.43. The molecule has 0 aromatic carbocycles. The summed E-state index contributed by atoms with van der Waals surface area (Å²) in [6.45, 7) is 2.87. The van der Waals surface area contributed by atoms with E-state index in [1.807, 2.05) is 6.92 Å². The molecule has 0 bridgehead atoms. The highest BCUT2D eigenvalue weighted by molar-refractivity contribution is 5.87. The van der Waals surface area contributed by atoms with Gasteiger partial charge in [0.25, 0.3) is 0 Å². The number of hydrogen-bond acceptors (Lipinski definition) is 3. The van der Waals surface area contributed by atoms with E-state index in [4.69, 9.17) is 5.11 Å². The zero-order valence-electron chi connectivity index (χ0n) is 10.9. The second kappa shape index (κ2) is 5.26. The predicted octanol–water partition coefficient (Wildman–Crippen LogP) is 0.888. The first-order valence-electron chi connectivity index (χ1n) is 6.88. The molecule has 1 saturated heterocycles. The lowest BCUT2D eigenvalue weighted by molar-refractivity contribution is -0.142. The van der Waals surface area contributed by atoms with Gasteiger partial charge in [0.2, 0.25) is 5.91 Å². The number of rotatable bonds is 4. The maximum atomic E-state index is 12.4. The summed E-state index contributed by atoms with van der Waals surface area (Å²) in [5, 5.41) is 15.4. The Labute approximate surface area is 107 Å². The van der Waals surface area contributed by atoms with Crippen molar-refractivity contribution in [3.63, 3.8) is 0 Å². The van der Waals surface area contributed by atoms with Crippen molar-refractivity contribution in [3.05, 3.63) is 0 Å². The van der Waals surface area contributed by atoms with Gasteiger partial charge in [0.05, 0.1) is 11.5 Å². The second-order valence-corrected chi connectivity index (χ2v) is 5.42. The van der Waals surface area contributed by atoms with Gasteiger partial charge in [0.15, 0.2) is 0 Å². The van der Waals surface area contributed by atoms with E-state index in [1.54, 1.807) is 0 Å². The summed E-state index contributed by atoms with van der Waals surface area (Å²) in [5.74, 6) is -1.22. The zero-order valence-corrected chi connectivity index (χ0v) is 10.9. The molecule has 102 valence electrons. The standard InChI is InChI=1S/C13H22N2O3/c1-2-13(7-4-8-14-13)12(18)15-10-6-3-5-9(10)11(16)17/h9-10,14H,2-8H2,1H3,(H,15,18)(H,16,17). The van der Waals surface area contributed by atoms with Crippen molar-refractivity contribution in [3.8, 4) is 0 Å². The highest BCUT2D eigenvalue weighted by Gasteiger charge is 2.42. The fourth-order valence-electron chi connectivity index (χ4n) is 3.20. The van der Waals surface area contributed by atoms with Crippen molar-refractivity contribution in [1.29, 1.82) is 0 Å². The Morgan fingerprint density at radius 1 is 1.39 bits per heavy atom. The van der Waals surface area contributed by atoms with Gasteiger partial charge in [-0.15, -0.1) is 0 Å². The van der Waals surface area contributed by atoms with Crippen LogP contribution in [0, 0.1) is 5.92 Å². The van der Waals surface area contributed by atoms with Crippen molar-refractivity contribution in [1.82, 2.24) is 10.6 Å². The molecule has 1 amide bonds. The quantitative estimate of drug-likeness (QED) is 0.696. The molecule has 1 heterocycles. The lowest BCUT2D eigenvalue weighted by atomic mass is 9.92. The van der Waals surface area contributed by atoms with Crippen LogP contribution in [0.4, 0.5) is 0 Å². The van der Waals surface area contributed by atoms with Gasteiger partial charge < -0.3 is 15.7 Å². The molecule has 2 fully saturated rings. The SMILES string of the molecule is CCC1(C(=O)NC2CCCC2C(=O)O)CCCN1. The molecular weight excluding hydrogens is 232 g/mol. The van der Waals surface area contributed by atoms with Crippen LogP contribution in [0.5, 0.6) is 0 Å². The van der Waals surface area contributed by atoms with Crippen molar-refractivity contribution in [2.45, 2.75) is 57.0 Å². The van der Waals surface area contributed by atoms with Crippen molar-refractivity contribution >= 4 is 11.9 Å². The number of carbonyl (C=O) groups is 2. The Bertz CT molecular complexity index is 337. The first kappa shape index (κ1) is 13.3. The van der Waals surface area contributed by atoms with E-state index in [0.29, 0.717) is 6.42 Å². The molecule has 0 spiro atoms. The lowest BCUT2D eigenvalue weighted by Crippen LogP contribution is -2.56. The van der Waals surface area contributed by atoms with Crippen LogP contribution >= 0.6 is 0 Å². The lowest BCUT2D eigenvalue weighted by Gasteiger charge is -2.29. The molecule has 18 heavy (non-hydrogen) atoms. The number of carbonyl (C=O) groups excluding carboxylic acids is 1. The topological polar surface area (TPSA) is 78.4 Å². The van der Waals surface area contributed by atoms with Gasteiger partial charge in [-0.3, -0.25) is 9.59 Å². The average Bonchev–Trinajstić information content (AvgIpc) is 2.97. The highest BCUT2D eigenvalue weighted by Crippen LogP contribution is 2.28. The molecule has 1 saturated carbocycles. The second-order valence-electron chi connectivity index (χ2n) is 5.42. The number of amides is 1. The minimum Gasteiger partial charge on any atom is -0.481 e. The van der Waals surface area contributed by atoms with Gasteiger partial charge in [-0.25, -0.2) is 0 Å². The Kier molecular flexibility index (Phi) is 3.90. The zero-order chi connectivity index (χ0) is 13.2. The van der Waals surface area contributed by atoms with E-state index in [-0.39, 0.29) is 11.9 Å². The third kappa shape index (κ3) is 2.36. The van der Waals surface area contributed by atoms with E-state index < -0.39 is 17.4 Å². The molecule has 0 aromatic rings. The molecular formula is C13H22N2O3. The van der Waals surface area contributed by atoms with Crippen LogP contribution in [0.1, 0.15) is 45.4 Å². The van der Waals surface area contributed by atoms with Gasteiger partial charge >= 0.3 is 5.97 Å². The van der Waals surface area contributed by atoms with E-state index >= 15 is 0 Å². The van der Waals surface area contributed by atoms with E-state index in [0.717, 1.165) is 38.6 Å². The van der Waals surface area contributed by atoms with Gasteiger partial charge in [0, 0.05) is 6.04 Å². The number of nitrogens with one attached hydrogen (secondary N) is 2. The average molecular weight is 254 g/mol. The van der Waals surface area contributed by atoms with Gasteiger partial charge in [-0.2, -0.15) is 0 Å². The third-order valence-corrected chi connectivity index (χ3v) is 4.43. The minimum atomic E-state index is -0.789. The van der Waals surface area contributed by atoms with Crippen LogP contribution in [0.25, 0.3) is 0 Å². The molecule has 3 atom stereocenters. The predicted molar refractivity (Wildman–Crippen MR) is 67.2 cm³/mol. The molecule has 3 N–H and O–H groups in total. The van der Waals surface area contributed by atoms with E-state index in [9.17, 15) is 9.59 Å². The van der Waals surface area contributed by atoms with Crippen LogP contribution in [0.3, 0.4) is 0 Å². The first-order valence-corrected chi connectivity index (χ1v) is 6.88. The van der Waals surface area contributed by atoms with Crippen LogP contribution < -0.4 is 10.6 Å². The summed E-state index contributed by atoms with van der Waals surface area (Å²) < 4.78 is 0. The monoisotopic (exact) mass is 254 g/mol. The molecule has 2 rings (SSSR count). The fraction of sp³-hybridized carbons (Fsp3) is 0.846. The van der Waals surface area contributed by atoms with Crippen LogP contribution in [0.15, 0.2) is 0 Å². The van der Waals surface area contributed by atoms with Crippen molar-refractivity contribution < 1.29 is 14.7 Å². The Morgan fingerprint density at radius 2 is 2.17 bits per heavy atom. The van der Waals surface area contributed by atoms with E-state index in [1.165, 1.54) is 0 Å². The highest BCUT2D eigenvalue weighted by atomic mass is 16.4. The normalized spacial score (nSPS) is 35.6. The number of hydrogen-bond donors (Lipinski definition) is 3. The molecule has 3 unspecified atom stereocenters. The van der Waals surface area contributed by atoms with Crippen LogP contribution in [0.2, 0.25) is 0 Å². The van der Waals surface area contributed by atoms with Crippen molar-refractivity contribution in [2.75, 3.05) is 6.54 Å². The van der Waals surface area contributed by atoms with E-state index in [2.05, 4.69) is 10.6 Å². The maximum absolute atomic E-state index is 12.4. The number of carboxylic acid groups (broad SMARTS) is 1. The number of carboxylic acids is 1. The minimum absolute atomic E-state index is 0.0133. The molecule has 0 aromatic heterocycles. The largest absolute Gasteiger partial charge is 0.481 e. The summed E-state index contributed by atoms with van der Waals surface area (Å²) in [6, 6.07) is -0.194. The Hall–Kier alpha value is -1.10. The van der Waals surface area contributed by atoms with Gasteiger partial charge in [-0.1, -0.05) is 13.3 Å². The first-order chi connectivity index (χ1) is 8.59. The summed E-state index contributed by atoms with van der Waals surface area (Å²) in [7, 11) is 0. The summed E-state index contributed by atoms with van der Waals surface area (Å²) >= 11 is 0. The Balaban J connectivity index is 2.00. The smallest absolute Gasteiger partial charge is 0.308 e. The maximum Gasteiger partial charge on any atom is 0.308 e. The summed E-state index contributed by atoms with van der Waals surface area (Å²) in [6.07, 6.45) is 4.95. The molecule has 0 radical (unpaired) electrons. The summed E-state index contributed by atoms with van der Waals surface area (Å²) in [5.41, 5.74) is -0.467. The van der Waals surface area contributed by atoms with Gasteiger partial charge in [0.1, 0.15) is 0 Å². The fourth-order valence-corrected chi connectivity index (χ4v) is 3.20. The van der Waals surface area contributed by atoms with Crippen LogP contribution in [-0.2, 0) is 9.59 Å².